The van der Waals surface area contributed by atoms with Gasteiger partial charge in [0.2, 0.25) is 23.6 Å². The van der Waals surface area contributed by atoms with E-state index >= 15 is 0 Å². The maximum atomic E-state index is 13.2. The molecule has 1 aromatic carbocycles. The Morgan fingerprint density at radius 1 is 1.19 bits per heavy atom. The summed E-state index contributed by atoms with van der Waals surface area (Å²) in [6.45, 7) is 6.64. The van der Waals surface area contributed by atoms with Crippen LogP contribution in [-0.2, 0) is 25.6 Å². The molecule has 5 N–H and O–H groups in total. The second-order valence-electron chi connectivity index (χ2n) is 9.19. The Kier molecular flexibility index (Phi) is 8.25. The minimum Gasteiger partial charge on any atom is -0.391 e. The van der Waals surface area contributed by atoms with Crippen LogP contribution in [0, 0.1) is 5.41 Å². The van der Waals surface area contributed by atoms with Gasteiger partial charge in [0.25, 0.3) is 0 Å². The molecule has 0 radical (unpaired) electrons. The Morgan fingerprint density at radius 2 is 1.78 bits per heavy atom. The van der Waals surface area contributed by atoms with Crippen molar-refractivity contribution >= 4 is 35.2 Å². The number of benzene rings is 1. The van der Waals surface area contributed by atoms with Crippen molar-refractivity contribution in [2.45, 2.75) is 64.8 Å². The van der Waals surface area contributed by atoms with Gasteiger partial charge in [-0.2, -0.15) is 0 Å². The summed E-state index contributed by atoms with van der Waals surface area (Å²) in [4.78, 5) is 51.1. The lowest BCUT2D eigenvalue weighted by Crippen LogP contribution is -2.58. The van der Waals surface area contributed by atoms with Crippen LogP contribution in [0.4, 0.5) is 0 Å². The van der Waals surface area contributed by atoms with Crippen LogP contribution in [0.5, 0.6) is 0 Å². The Bertz CT molecular complexity index is 868. The van der Waals surface area contributed by atoms with Crippen molar-refractivity contribution in [3.05, 3.63) is 34.9 Å². The quantitative estimate of drug-likeness (QED) is 0.459. The minimum atomic E-state index is -1.01. The normalized spacial score (nSPS) is 20.4. The number of primary amides is 1. The zero-order chi connectivity index (χ0) is 24.2. The van der Waals surface area contributed by atoms with E-state index in [1.807, 2.05) is 0 Å². The van der Waals surface area contributed by atoms with Crippen molar-refractivity contribution < 1.29 is 24.3 Å². The maximum Gasteiger partial charge on any atom is 0.246 e. The number of carbonyl (C=O) groups is 4. The first-order valence-corrected chi connectivity index (χ1v) is 10.8. The number of hydrogen-bond acceptors (Lipinski definition) is 5. The Hall–Kier alpha value is -2.65. The van der Waals surface area contributed by atoms with Gasteiger partial charge in [-0.15, -0.1) is 0 Å². The van der Waals surface area contributed by atoms with Gasteiger partial charge in [-0.3, -0.25) is 19.2 Å². The molecule has 0 saturated carbocycles. The molecule has 4 atom stereocenters. The van der Waals surface area contributed by atoms with Crippen molar-refractivity contribution in [1.29, 1.82) is 0 Å². The first-order chi connectivity index (χ1) is 14.8. The number of nitrogens with two attached hydrogens (primary N) is 1. The van der Waals surface area contributed by atoms with Gasteiger partial charge in [0.15, 0.2) is 0 Å². The van der Waals surface area contributed by atoms with E-state index in [4.69, 9.17) is 17.3 Å². The smallest absolute Gasteiger partial charge is 0.246 e. The molecule has 1 aromatic rings. The number of rotatable bonds is 7. The molecule has 1 fully saturated rings. The minimum absolute atomic E-state index is 0.0148. The summed E-state index contributed by atoms with van der Waals surface area (Å²) in [6.07, 6.45) is -0.741. The SMILES string of the molecule is CC(=O)N[C@H](C(=O)N1C[C@H](O)C[C@H]1C(=O)N[C@H](Cc1ccc(Cl)cc1)C(N)=O)C(C)(C)C. The number of likely N-dealkylation sites (tertiary alicyclic amines) is 1. The average Bonchev–Trinajstić information content (AvgIpc) is 3.07. The molecule has 2 rings (SSSR count). The lowest BCUT2D eigenvalue weighted by Gasteiger charge is -2.35. The monoisotopic (exact) mass is 466 g/mol. The van der Waals surface area contributed by atoms with Crippen LogP contribution in [0.3, 0.4) is 0 Å². The number of amides is 4. The predicted octanol–water partition coefficient (Wildman–Crippen LogP) is 0.365. The number of carbonyl (C=O) groups excluding carboxylic acids is 4. The molecule has 10 heteroatoms. The van der Waals surface area contributed by atoms with Crippen molar-refractivity contribution in [2.75, 3.05) is 6.54 Å². The van der Waals surface area contributed by atoms with E-state index in [1.54, 1.807) is 45.0 Å². The van der Waals surface area contributed by atoms with Gasteiger partial charge in [-0.05, 0) is 23.1 Å². The Balaban J connectivity index is 2.20. The molecule has 0 aromatic heterocycles. The molecule has 0 bridgehead atoms. The van der Waals surface area contributed by atoms with Crippen molar-refractivity contribution in [3.8, 4) is 0 Å². The van der Waals surface area contributed by atoms with Crippen LogP contribution in [0.15, 0.2) is 24.3 Å². The van der Waals surface area contributed by atoms with Gasteiger partial charge >= 0.3 is 0 Å². The summed E-state index contributed by atoms with van der Waals surface area (Å²) in [5, 5.41) is 16.0. The summed E-state index contributed by atoms with van der Waals surface area (Å²) in [7, 11) is 0. The zero-order valence-corrected chi connectivity index (χ0v) is 19.5. The van der Waals surface area contributed by atoms with Gasteiger partial charge < -0.3 is 26.4 Å². The predicted molar refractivity (Wildman–Crippen MR) is 119 cm³/mol. The first-order valence-electron chi connectivity index (χ1n) is 10.4. The van der Waals surface area contributed by atoms with E-state index in [1.165, 1.54) is 11.8 Å². The molecule has 0 aliphatic carbocycles. The molecule has 9 nitrogen and oxygen atoms in total. The molecule has 1 aliphatic rings. The van der Waals surface area contributed by atoms with Gasteiger partial charge in [0.05, 0.1) is 6.10 Å². The fourth-order valence-electron chi connectivity index (χ4n) is 3.67. The molecule has 0 unspecified atom stereocenters. The zero-order valence-electron chi connectivity index (χ0n) is 18.7. The molecule has 0 spiro atoms. The first kappa shape index (κ1) is 25.6. The lowest BCUT2D eigenvalue weighted by atomic mass is 9.85. The highest BCUT2D eigenvalue weighted by molar-refractivity contribution is 6.30. The summed E-state index contributed by atoms with van der Waals surface area (Å²) in [5.74, 6) is -2.17. The van der Waals surface area contributed by atoms with E-state index in [0.29, 0.717) is 5.02 Å². The number of hydrogen-bond donors (Lipinski definition) is 4. The standard InChI is InChI=1S/C22H31ClN4O5/c1-12(28)25-18(22(2,3)4)21(32)27-11-15(29)10-17(27)20(31)26-16(19(24)30)9-13-5-7-14(23)8-6-13/h5-8,15-18,29H,9-11H2,1-4H3,(H2,24,30)(H,25,28)(H,26,31)/t15-,16-,17+,18-/m1/s1. The summed E-state index contributed by atoms with van der Waals surface area (Å²) >= 11 is 5.88. The summed E-state index contributed by atoms with van der Waals surface area (Å²) in [6, 6.07) is 3.89. The van der Waals surface area contributed by atoms with E-state index < -0.39 is 47.4 Å². The van der Waals surface area contributed by atoms with E-state index in [2.05, 4.69) is 10.6 Å². The van der Waals surface area contributed by atoms with Crippen molar-refractivity contribution in [1.82, 2.24) is 15.5 Å². The number of aliphatic hydroxyl groups excluding tert-OH is 1. The van der Waals surface area contributed by atoms with Crippen LogP contribution >= 0.6 is 11.6 Å². The molecule has 1 aliphatic heterocycles. The van der Waals surface area contributed by atoms with Crippen LogP contribution in [0.25, 0.3) is 0 Å². The van der Waals surface area contributed by atoms with Crippen molar-refractivity contribution in [3.63, 3.8) is 0 Å². The van der Waals surface area contributed by atoms with Gasteiger partial charge in [0, 0.05) is 31.3 Å². The van der Waals surface area contributed by atoms with Gasteiger partial charge in [0.1, 0.15) is 18.1 Å². The third-order valence-corrected chi connectivity index (χ3v) is 5.59. The molecule has 32 heavy (non-hydrogen) atoms. The Morgan fingerprint density at radius 3 is 2.28 bits per heavy atom. The number of nitrogens with one attached hydrogen (secondary N) is 2. The fraction of sp³-hybridized carbons (Fsp3) is 0.545. The van der Waals surface area contributed by atoms with E-state index in [-0.39, 0.29) is 25.3 Å². The molecular formula is C22H31ClN4O5. The highest BCUT2D eigenvalue weighted by Gasteiger charge is 2.44. The molecule has 1 saturated heterocycles. The van der Waals surface area contributed by atoms with Crippen LogP contribution in [0.1, 0.15) is 39.7 Å². The third-order valence-electron chi connectivity index (χ3n) is 5.34. The van der Waals surface area contributed by atoms with Gasteiger partial charge in [-0.25, -0.2) is 0 Å². The highest BCUT2D eigenvalue weighted by atomic mass is 35.5. The average molecular weight is 467 g/mol. The molecule has 4 amide bonds. The highest BCUT2D eigenvalue weighted by Crippen LogP contribution is 2.26. The third kappa shape index (κ3) is 6.67. The summed E-state index contributed by atoms with van der Waals surface area (Å²) in [5.41, 5.74) is 5.61. The van der Waals surface area contributed by atoms with Crippen LogP contribution in [0.2, 0.25) is 5.02 Å². The maximum absolute atomic E-state index is 13.2. The van der Waals surface area contributed by atoms with Crippen molar-refractivity contribution in [2.24, 2.45) is 11.1 Å². The topological polar surface area (TPSA) is 142 Å². The number of halogens is 1. The van der Waals surface area contributed by atoms with E-state index in [0.717, 1.165) is 5.56 Å². The number of β-amino-alcohol motifs (C(OH)–C–C–N with tert-alkyl or cyclic N) is 1. The number of nitrogens with zero attached hydrogens (tertiary/aromatic N) is 1. The van der Waals surface area contributed by atoms with E-state index in [9.17, 15) is 24.3 Å². The Labute approximate surface area is 192 Å². The van der Waals surface area contributed by atoms with Gasteiger partial charge in [-0.1, -0.05) is 44.5 Å². The second kappa shape index (κ2) is 10.3. The fourth-order valence-corrected chi connectivity index (χ4v) is 3.80. The molecule has 1 heterocycles. The molecule has 176 valence electrons. The number of aliphatic hydroxyl groups is 1. The summed E-state index contributed by atoms with van der Waals surface area (Å²) < 4.78 is 0. The second-order valence-corrected chi connectivity index (χ2v) is 9.63. The lowest BCUT2D eigenvalue weighted by molar-refractivity contribution is -0.144. The largest absolute Gasteiger partial charge is 0.391 e. The van der Waals surface area contributed by atoms with Crippen LogP contribution in [-0.4, -0.2) is 64.4 Å². The molecular weight excluding hydrogens is 436 g/mol. The van der Waals surface area contributed by atoms with Crippen LogP contribution < -0.4 is 16.4 Å².